The average Bonchev–Trinajstić information content (AvgIpc) is 2.45. The zero-order valence-electron chi connectivity index (χ0n) is 14.2. The van der Waals surface area contributed by atoms with Gasteiger partial charge in [0.1, 0.15) is 6.10 Å². The molecule has 0 aliphatic rings. The highest BCUT2D eigenvalue weighted by atomic mass is 16.5. The fraction of sp³-hybridized carbons (Fsp3) is 0.632. The molecule has 1 aromatic carbocycles. The Morgan fingerprint density at radius 3 is 2.52 bits per heavy atom. The SMILES string of the molecule is CCCCCCC(C)OC(C)C(=O)c1cc(C)ccc1C. The van der Waals surface area contributed by atoms with Crippen LogP contribution in [0, 0.1) is 13.8 Å². The van der Waals surface area contributed by atoms with Crippen molar-refractivity contribution >= 4 is 5.78 Å². The molecule has 2 heteroatoms. The number of unbranched alkanes of at least 4 members (excludes halogenated alkanes) is 3. The minimum Gasteiger partial charge on any atom is -0.367 e. The van der Waals surface area contributed by atoms with Crippen molar-refractivity contribution in [2.45, 2.75) is 78.9 Å². The smallest absolute Gasteiger partial charge is 0.191 e. The van der Waals surface area contributed by atoms with Crippen molar-refractivity contribution < 1.29 is 9.53 Å². The van der Waals surface area contributed by atoms with Gasteiger partial charge in [-0.1, -0.05) is 50.3 Å². The summed E-state index contributed by atoms with van der Waals surface area (Å²) in [6.07, 6.45) is 5.77. The number of rotatable bonds is 9. The highest BCUT2D eigenvalue weighted by Gasteiger charge is 2.19. The molecular formula is C19H30O2. The van der Waals surface area contributed by atoms with Crippen LogP contribution in [-0.4, -0.2) is 18.0 Å². The molecule has 118 valence electrons. The lowest BCUT2D eigenvalue weighted by Crippen LogP contribution is -2.26. The van der Waals surface area contributed by atoms with Crippen LogP contribution >= 0.6 is 0 Å². The molecule has 0 bridgehead atoms. The normalized spacial score (nSPS) is 14.0. The standard InChI is InChI=1S/C19H30O2/c1-6-7-8-9-10-16(4)21-17(5)19(20)18-13-14(2)11-12-15(18)3/h11-13,16-17H,6-10H2,1-5H3. The average molecular weight is 290 g/mol. The van der Waals surface area contributed by atoms with Gasteiger partial charge in [-0.2, -0.15) is 0 Å². The van der Waals surface area contributed by atoms with Crippen LogP contribution in [0.15, 0.2) is 18.2 Å². The molecule has 0 aliphatic carbocycles. The van der Waals surface area contributed by atoms with Gasteiger partial charge in [-0.3, -0.25) is 4.79 Å². The second kappa shape index (κ2) is 8.99. The van der Waals surface area contributed by atoms with Gasteiger partial charge in [-0.15, -0.1) is 0 Å². The summed E-state index contributed by atoms with van der Waals surface area (Å²) >= 11 is 0. The quantitative estimate of drug-likeness (QED) is 0.458. The lowest BCUT2D eigenvalue weighted by atomic mass is 9.99. The maximum absolute atomic E-state index is 12.5. The van der Waals surface area contributed by atoms with Crippen LogP contribution < -0.4 is 0 Å². The largest absolute Gasteiger partial charge is 0.367 e. The van der Waals surface area contributed by atoms with Crippen LogP contribution in [0.25, 0.3) is 0 Å². The number of Topliss-reactive ketones (excluding diaryl/α,β-unsaturated/α-hetero) is 1. The number of aryl methyl sites for hydroxylation is 2. The molecule has 0 saturated heterocycles. The van der Waals surface area contributed by atoms with Gasteiger partial charge in [-0.05, 0) is 45.7 Å². The van der Waals surface area contributed by atoms with Crippen LogP contribution in [-0.2, 0) is 4.74 Å². The second-order valence-electron chi connectivity index (χ2n) is 6.12. The van der Waals surface area contributed by atoms with E-state index in [1.807, 2.05) is 39.0 Å². The Hall–Kier alpha value is -1.15. The molecule has 2 atom stereocenters. The van der Waals surface area contributed by atoms with Crippen molar-refractivity contribution in [1.29, 1.82) is 0 Å². The minimum atomic E-state index is -0.369. The van der Waals surface area contributed by atoms with Gasteiger partial charge < -0.3 is 4.74 Å². The predicted octanol–water partition coefficient (Wildman–Crippen LogP) is 5.25. The summed E-state index contributed by atoms with van der Waals surface area (Å²) < 4.78 is 5.89. The fourth-order valence-electron chi connectivity index (χ4n) is 2.56. The topological polar surface area (TPSA) is 26.3 Å². The lowest BCUT2D eigenvalue weighted by Gasteiger charge is -2.19. The van der Waals surface area contributed by atoms with Gasteiger partial charge in [0, 0.05) is 5.56 Å². The monoisotopic (exact) mass is 290 g/mol. The van der Waals surface area contributed by atoms with Crippen LogP contribution in [0.3, 0.4) is 0 Å². The van der Waals surface area contributed by atoms with Crippen LogP contribution in [0.5, 0.6) is 0 Å². The van der Waals surface area contributed by atoms with E-state index in [2.05, 4.69) is 13.8 Å². The van der Waals surface area contributed by atoms with E-state index < -0.39 is 0 Å². The molecule has 2 unspecified atom stereocenters. The molecule has 0 amide bonds. The molecule has 0 N–H and O–H groups in total. The maximum atomic E-state index is 12.5. The van der Waals surface area contributed by atoms with Crippen molar-refractivity contribution in [3.05, 3.63) is 34.9 Å². The van der Waals surface area contributed by atoms with E-state index in [0.717, 1.165) is 23.1 Å². The molecule has 0 saturated carbocycles. The number of ether oxygens (including phenoxy) is 1. The summed E-state index contributed by atoms with van der Waals surface area (Å²) in [5.74, 6) is 0.0941. The van der Waals surface area contributed by atoms with Crippen molar-refractivity contribution in [1.82, 2.24) is 0 Å². The van der Waals surface area contributed by atoms with E-state index in [4.69, 9.17) is 4.74 Å². The predicted molar refractivity (Wildman–Crippen MR) is 89.0 cm³/mol. The fourth-order valence-corrected chi connectivity index (χ4v) is 2.56. The first kappa shape index (κ1) is 17.9. The van der Waals surface area contributed by atoms with Gasteiger partial charge in [0.15, 0.2) is 5.78 Å². The first-order valence-electron chi connectivity index (χ1n) is 8.22. The summed E-state index contributed by atoms with van der Waals surface area (Å²) in [6.45, 7) is 10.1. The summed E-state index contributed by atoms with van der Waals surface area (Å²) in [5.41, 5.74) is 2.93. The molecule has 2 nitrogen and oxygen atoms in total. The van der Waals surface area contributed by atoms with E-state index in [1.54, 1.807) is 0 Å². The summed E-state index contributed by atoms with van der Waals surface area (Å²) in [7, 11) is 0. The Labute approximate surface area is 129 Å². The number of benzene rings is 1. The molecule has 0 fully saturated rings. The van der Waals surface area contributed by atoms with E-state index in [1.165, 1.54) is 25.7 Å². The third-order valence-corrected chi connectivity index (χ3v) is 3.93. The molecule has 21 heavy (non-hydrogen) atoms. The van der Waals surface area contributed by atoms with E-state index in [-0.39, 0.29) is 18.0 Å². The van der Waals surface area contributed by atoms with Gasteiger partial charge >= 0.3 is 0 Å². The van der Waals surface area contributed by atoms with E-state index in [0.29, 0.717) is 0 Å². The summed E-state index contributed by atoms with van der Waals surface area (Å²) in [4.78, 5) is 12.5. The molecule has 1 aromatic rings. The summed E-state index contributed by atoms with van der Waals surface area (Å²) in [5, 5.41) is 0. The van der Waals surface area contributed by atoms with Gasteiger partial charge in [0.05, 0.1) is 6.10 Å². The first-order chi connectivity index (χ1) is 9.95. The highest BCUT2D eigenvalue weighted by Crippen LogP contribution is 2.16. The van der Waals surface area contributed by atoms with Crippen LogP contribution in [0.2, 0.25) is 0 Å². The van der Waals surface area contributed by atoms with E-state index >= 15 is 0 Å². The Balaban J connectivity index is 2.52. The molecular weight excluding hydrogens is 260 g/mol. The van der Waals surface area contributed by atoms with Gasteiger partial charge in [-0.25, -0.2) is 0 Å². The van der Waals surface area contributed by atoms with E-state index in [9.17, 15) is 4.79 Å². The first-order valence-corrected chi connectivity index (χ1v) is 8.22. The van der Waals surface area contributed by atoms with Gasteiger partial charge in [0.2, 0.25) is 0 Å². The third kappa shape index (κ3) is 6.01. The van der Waals surface area contributed by atoms with Crippen molar-refractivity contribution in [3.8, 4) is 0 Å². The Bertz CT molecular complexity index is 451. The Morgan fingerprint density at radius 2 is 1.86 bits per heavy atom. The molecule has 0 aromatic heterocycles. The zero-order valence-corrected chi connectivity index (χ0v) is 14.2. The van der Waals surface area contributed by atoms with Crippen molar-refractivity contribution in [3.63, 3.8) is 0 Å². The maximum Gasteiger partial charge on any atom is 0.191 e. The minimum absolute atomic E-state index is 0.0941. The van der Waals surface area contributed by atoms with Crippen LogP contribution in [0.1, 0.15) is 74.4 Å². The highest BCUT2D eigenvalue weighted by molar-refractivity contribution is 6.00. The molecule has 1 rings (SSSR count). The van der Waals surface area contributed by atoms with Crippen LogP contribution in [0.4, 0.5) is 0 Å². The van der Waals surface area contributed by atoms with Gasteiger partial charge in [0.25, 0.3) is 0 Å². The van der Waals surface area contributed by atoms with Crippen molar-refractivity contribution in [2.75, 3.05) is 0 Å². The molecule has 0 aliphatic heterocycles. The molecule has 0 spiro atoms. The molecule has 0 heterocycles. The van der Waals surface area contributed by atoms with Crippen molar-refractivity contribution in [2.24, 2.45) is 0 Å². The summed E-state index contributed by atoms with van der Waals surface area (Å²) in [6, 6.07) is 6.00. The Kier molecular flexibility index (Phi) is 7.66. The number of ketones is 1. The number of hydrogen-bond donors (Lipinski definition) is 0. The Morgan fingerprint density at radius 1 is 1.14 bits per heavy atom. The second-order valence-corrected chi connectivity index (χ2v) is 6.12. The zero-order chi connectivity index (χ0) is 15.8. The number of carbonyl (C=O) groups excluding carboxylic acids is 1. The lowest BCUT2D eigenvalue weighted by molar-refractivity contribution is 0.00829. The molecule has 0 radical (unpaired) electrons. The number of hydrogen-bond acceptors (Lipinski definition) is 2. The third-order valence-electron chi connectivity index (χ3n) is 3.93. The number of carbonyl (C=O) groups is 1.